The second-order valence-electron chi connectivity index (χ2n) is 6.28. The first kappa shape index (κ1) is 20.1. The molecule has 5 nitrogen and oxygen atoms in total. The standard InChI is InChI=1S/C23H20FNO4/c1-28-21-4-2-3-16(13-21)14-25-22(26)15-29-20-11-7-18(8-12-20)23(27)17-5-9-19(24)10-6-17/h2-13H,14-15H2,1H3,(H,25,26). The van der Waals surface area contributed by atoms with E-state index < -0.39 is 5.82 Å². The van der Waals surface area contributed by atoms with E-state index in [1.165, 1.54) is 24.3 Å². The van der Waals surface area contributed by atoms with Crippen LogP contribution >= 0.6 is 0 Å². The Morgan fingerprint density at radius 1 is 0.897 bits per heavy atom. The Morgan fingerprint density at radius 3 is 2.21 bits per heavy atom. The monoisotopic (exact) mass is 393 g/mol. The largest absolute Gasteiger partial charge is 0.497 e. The molecule has 148 valence electrons. The lowest BCUT2D eigenvalue weighted by Crippen LogP contribution is -2.28. The van der Waals surface area contributed by atoms with E-state index in [4.69, 9.17) is 9.47 Å². The molecule has 0 heterocycles. The maximum atomic E-state index is 13.0. The number of carbonyl (C=O) groups excluding carboxylic acids is 2. The number of amides is 1. The molecule has 0 aliphatic carbocycles. The van der Waals surface area contributed by atoms with Crippen molar-refractivity contribution in [1.29, 1.82) is 0 Å². The van der Waals surface area contributed by atoms with Gasteiger partial charge < -0.3 is 14.8 Å². The maximum Gasteiger partial charge on any atom is 0.258 e. The van der Waals surface area contributed by atoms with Crippen LogP contribution in [0.4, 0.5) is 4.39 Å². The van der Waals surface area contributed by atoms with E-state index in [0.717, 1.165) is 11.3 Å². The third kappa shape index (κ3) is 5.65. The molecule has 0 bridgehead atoms. The van der Waals surface area contributed by atoms with Gasteiger partial charge in [0.05, 0.1) is 7.11 Å². The van der Waals surface area contributed by atoms with E-state index in [1.54, 1.807) is 31.4 Å². The van der Waals surface area contributed by atoms with E-state index in [9.17, 15) is 14.0 Å². The Bertz CT molecular complexity index is 985. The van der Waals surface area contributed by atoms with Crippen LogP contribution in [0.3, 0.4) is 0 Å². The highest BCUT2D eigenvalue weighted by Crippen LogP contribution is 2.16. The number of rotatable bonds is 8. The number of benzene rings is 3. The van der Waals surface area contributed by atoms with Gasteiger partial charge in [-0.1, -0.05) is 12.1 Å². The average molecular weight is 393 g/mol. The smallest absolute Gasteiger partial charge is 0.258 e. The minimum atomic E-state index is -0.394. The molecular formula is C23H20FNO4. The van der Waals surface area contributed by atoms with Crippen LogP contribution in [0, 0.1) is 5.82 Å². The minimum absolute atomic E-state index is 0.144. The highest BCUT2D eigenvalue weighted by Gasteiger charge is 2.10. The lowest BCUT2D eigenvalue weighted by Gasteiger charge is -2.09. The van der Waals surface area contributed by atoms with Gasteiger partial charge in [-0.15, -0.1) is 0 Å². The minimum Gasteiger partial charge on any atom is -0.497 e. The average Bonchev–Trinajstić information content (AvgIpc) is 2.77. The summed E-state index contributed by atoms with van der Waals surface area (Å²) in [6, 6.07) is 19.2. The fourth-order valence-electron chi connectivity index (χ4n) is 2.65. The molecule has 1 amide bonds. The number of hydrogen-bond donors (Lipinski definition) is 1. The van der Waals surface area contributed by atoms with Gasteiger partial charge in [0.2, 0.25) is 0 Å². The molecule has 0 atom stereocenters. The highest BCUT2D eigenvalue weighted by atomic mass is 19.1. The van der Waals surface area contributed by atoms with Crippen LogP contribution in [0.25, 0.3) is 0 Å². The molecule has 0 radical (unpaired) electrons. The fraction of sp³-hybridized carbons (Fsp3) is 0.130. The molecule has 0 unspecified atom stereocenters. The number of nitrogens with one attached hydrogen (secondary N) is 1. The third-order valence-corrected chi connectivity index (χ3v) is 4.22. The highest BCUT2D eigenvalue weighted by molar-refractivity contribution is 6.09. The van der Waals surface area contributed by atoms with Gasteiger partial charge in [-0.2, -0.15) is 0 Å². The normalized spacial score (nSPS) is 10.3. The van der Waals surface area contributed by atoms with Crippen molar-refractivity contribution in [3.8, 4) is 11.5 Å². The summed E-state index contributed by atoms with van der Waals surface area (Å²) >= 11 is 0. The Balaban J connectivity index is 1.49. The molecule has 0 saturated heterocycles. The van der Waals surface area contributed by atoms with E-state index in [2.05, 4.69) is 5.32 Å². The molecule has 3 rings (SSSR count). The van der Waals surface area contributed by atoms with E-state index in [-0.39, 0.29) is 18.3 Å². The molecule has 3 aromatic rings. The van der Waals surface area contributed by atoms with Crippen molar-refractivity contribution in [2.45, 2.75) is 6.54 Å². The summed E-state index contributed by atoms with van der Waals surface area (Å²) in [4.78, 5) is 24.3. The molecule has 6 heteroatoms. The molecule has 0 aliphatic heterocycles. The number of ether oxygens (including phenoxy) is 2. The fourth-order valence-corrected chi connectivity index (χ4v) is 2.65. The van der Waals surface area contributed by atoms with Gasteiger partial charge in [-0.05, 0) is 66.2 Å². The lowest BCUT2D eigenvalue weighted by molar-refractivity contribution is -0.123. The Kier molecular flexibility index (Phi) is 6.58. The third-order valence-electron chi connectivity index (χ3n) is 4.22. The van der Waals surface area contributed by atoms with Gasteiger partial charge in [0, 0.05) is 17.7 Å². The first-order chi connectivity index (χ1) is 14.0. The summed E-state index contributed by atoms with van der Waals surface area (Å²) in [5.74, 6) is 0.322. The van der Waals surface area contributed by atoms with Gasteiger partial charge in [0.25, 0.3) is 5.91 Å². The summed E-state index contributed by atoms with van der Waals surface area (Å²) in [5, 5.41) is 2.77. The predicted octanol–water partition coefficient (Wildman–Crippen LogP) is 3.76. The van der Waals surface area contributed by atoms with Gasteiger partial charge in [-0.3, -0.25) is 9.59 Å². The van der Waals surface area contributed by atoms with Crippen LogP contribution in [0.1, 0.15) is 21.5 Å². The molecular weight excluding hydrogens is 373 g/mol. The molecule has 29 heavy (non-hydrogen) atoms. The van der Waals surface area contributed by atoms with Crippen molar-refractivity contribution in [2.24, 2.45) is 0 Å². The molecule has 3 aromatic carbocycles. The zero-order valence-electron chi connectivity index (χ0n) is 15.9. The maximum absolute atomic E-state index is 13.0. The van der Waals surface area contributed by atoms with Crippen LogP contribution in [0.15, 0.2) is 72.8 Å². The number of carbonyl (C=O) groups is 2. The summed E-state index contributed by atoms with van der Waals surface area (Å²) in [5.41, 5.74) is 1.77. The van der Waals surface area contributed by atoms with Crippen LogP contribution < -0.4 is 14.8 Å². The lowest BCUT2D eigenvalue weighted by atomic mass is 10.0. The van der Waals surface area contributed by atoms with Gasteiger partial charge in [0.15, 0.2) is 12.4 Å². The topological polar surface area (TPSA) is 64.6 Å². The quantitative estimate of drug-likeness (QED) is 0.592. The SMILES string of the molecule is COc1cccc(CNC(=O)COc2ccc(C(=O)c3ccc(F)cc3)cc2)c1. The number of ketones is 1. The number of halogens is 1. The van der Waals surface area contributed by atoms with E-state index in [1.807, 2.05) is 24.3 Å². The molecule has 1 N–H and O–H groups in total. The van der Waals surface area contributed by atoms with Crippen molar-refractivity contribution in [3.63, 3.8) is 0 Å². The van der Waals surface area contributed by atoms with E-state index in [0.29, 0.717) is 23.4 Å². The Hall–Kier alpha value is -3.67. The van der Waals surface area contributed by atoms with Crippen molar-refractivity contribution in [2.75, 3.05) is 13.7 Å². The second kappa shape index (κ2) is 9.50. The van der Waals surface area contributed by atoms with Crippen molar-refractivity contribution in [3.05, 3.63) is 95.3 Å². The van der Waals surface area contributed by atoms with Gasteiger partial charge >= 0.3 is 0 Å². The zero-order valence-corrected chi connectivity index (χ0v) is 15.9. The van der Waals surface area contributed by atoms with Crippen LogP contribution in [-0.2, 0) is 11.3 Å². The summed E-state index contributed by atoms with van der Waals surface area (Å²) in [6.07, 6.45) is 0. The summed E-state index contributed by atoms with van der Waals surface area (Å²) in [6.45, 7) is 0.222. The van der Waals surface area contributed by atoms with Crippen molar-refractivity contribution < 1.29 is 23.5 Å². The van der Waals surface area contributed by atoms with Crippen LogP contribution in [-0.4, -0.2) is 25.4 Å². The molecule has 0 spiro atoms. The zero-order chi connectivity index (χ0) is 20.6. The second-order valence-corrected chi connectivity index (χ2v) is 6.28. The van der Waals surface area contributed by atoms with Gasteiger partial charge in [-0.25, -0.2) is 4.39 Å². The first-order valence-corrected chi connectivity index (χ1v) is 8.98. The van der Waals surface area contributed by atoms with Crippen LogP contribution in [0.5, 0.6) is 11.5 Å². The van der Waals surface area contributed by atoms with Gasteiger partial charge in [0.1, 0.15) is 17.3 Å². The molecule has 0 fully saturated rings. The number of hydrogen-bond acceptors (Lipinski definition) is 4. The predicted molar refractivity (Wildman–Crippen MR) is 107 cm³/mol. The molecule has 0 aromatic heterocycles. The van der Waals surface area contributed by atoms with E-state index >= 15 is 0 Å². The number of methoxy groups -OCH3 is 1. The van der Waals surface area contributed by atoms with Crippen molar-refractivity contribution in [1.82, 2.24) is 5.32 Å². The molecule has 0 aliphatic rings. The van der Waals surface area contributed by atoms with Crippen LogP contribution in [0.2, 0.25) is 0 Å². The Labute approximate surface area is 168 Å². The summed E-state index contributed by atoms with van der Waals surface area (Å²) in [7, 11) is 1.59. The first-order valence-electron chi connectivity index (χ1n) is 8.98. The summed E-state index contributed by atoms with van der Waals surface area (Å²) < 4.78 is 23.6. The molecule has 0 saturated carbocycles. The van der Waals surface area contributed by atoms with Crippen molar-refractivity contribution >= 4 is 11.7 Å². The Morgan fingerprint density at radius 2 is 1.55 bits per heavy atom.